The monoisotopic (exact) mass is 578 g/mol. The molecule has 0 N–H and O–H groups in total. The number of carbonyl (C=O) groups is 2. The molecular weight excluding hydrogens is 528 g/mol. The molecule has 0 spiro atoms. The summed E-state index contributed by atoms with van der Waals surface area (Å²) in [4.78, 5) is 22.4. The Hall–Kier alpha value is -3.28. The third kappa shape index (κ3) is 11.2. The van der Waals surface area contributed by atoms with Crippen molar-refractivity contribution >= 4 is 33.5 Å². The highest BCUT2D eigenvalue weighted by Gasteiger charge is 2.15. The van der Waals surface area contributed by atoms with E-state index in [-0.39, 0.29) is 11.9 Å². The third-order valence-electron chi connectivity index (χ3n) is 7.83. The smallest absolute Gasteiger partial charge is 0.305 e. The number of methoxy groups -OCH3 is 2. The molecule has 0 heterocycles. The Bertz CT molecular complexity index is 1070. The summed E-state index contributed by atoms with van der Waals surface area (Å²) in [7, 11) is 2.90. The minimum Gasteiger partial charge on any atom is -0.492 e. The number of carbonyl (C=O) groups excluding carboxylic acids is 2. The van der Waals surface area contributed by atoms with E-state index in [0.717, 1.165) is 97.3 Å². The van der Waals surface area contributed by atoms with Crippen LogP contribution in [-0.2, 0) is 19.1 Å². The van der Waals surface area contributed by atoms with Crippen LogP contribution in [0.5, 0.6) is 11.5 Å². The van der Waals surface area contributed by atoms with E-state index < -0.39 is 0 Å². The van der Waals surface area contributed by atoms with Crippen LogP contribution in [-0.4, -0.2) is 39.4 Å². The van der Waals surface area contributed by atoms with E-state index in [2.05, 4.69) is 48.5 Å². The topological polar surface area (TPSA) is 71.1 Å². The van der Waals surface area contributed by atoms with Gasteiger partial charge >= 0.3 is 11.9 Å². The van der Waals surface area contributed by atoms with Crippen molar-refractivity contribution < 1.29 is 28.5 Å². The lowest BCUT2D eigenvalue weighted by atomic mass is 10.0. The average Bonchev–Trinajstić information content (AvgIpc) is 3.02. The first kappa shape index (κ1) is 33.2. The Morgan fingerprint density at radius 3 is 1.05 bits per heavy atom. The molecule has 0 aliphatic carbocycles. The first-order chi connectivity index (χ1) is 20.7. The van der Waals surface area contributed by atoms with Gasteiger partial charge in [0.1, 0.15) is 11.5 Å². The molecule has 0 bridgehead atoms. The average molecular weight is 579 g/mol. The van der Waals surface area contributed by atoms with Crippen LogP contribution in [0.3, 0.4) is 0 Å². The molecule has 0 aromatic heterocycles. The Balaban J connectivity index is 1.46. The van der Waals surface area contributed by atoms with Crippen molar-refractivity contribution in [3.63, 3.8) is 0 Å². The van der Waals surface area contributed by atoms with E-state index in [9.17, 15) is 9.59 Å². The van der Waals surface area contributed by atoms with Gasteiger partial charge in [0, 0.05) is 34.4 Å². The number of benzene rings is 3. The molecule has 230 valence electrons. The second-order valence-electron chi connectivity index (χ2n) is 11.0. The number of hydrogen-bond donors (Lipinski definition) is 0. The number of ether oxygens (including phenoxy) is 4. The molecule has 0 aliphatic heterocycles. The minimum atomic E-state index is -0.111. The molecule has 6 heteroatoms. The fraction of sp³-hybridized carbons (Fsp3) is 0.556. The van der Waals surface area contributed by atoms with E-state index in [4.69, 9.17) is 18.9 Å². The standard InChI is InChI=1S/C36H50O6/c1-39-33(37)25-13-9-5-3-7-11-19-27-41-35-29-21-15-17-23-31(29)36(32-24-18-16-22-30(32)35)42-28-20-12-8-4-6-10-14-26-34(38)40-2/h15-18,21-24H,3-14,19-20,25-28H2,1-2H3. The maximum absolute atomic E-state index is 11.2. The number of fused-ring (bicyclic) bond motifs is 2. The lowest BCUT2D eigenvalue weighted by Gasteiger charge is -2.18. The van der Waals surface area contributed by atoms with Crippen LogP contribution in [0, 0.1) is 0 Å². The van der Waals surface area contributed by atoms with Crippen LogP contribution >= 0.6 is 0 Å². The summed E-state index contributed by atoms with van der Waals surface area (Å²) in [6.07, 6.45) is 16.4. The minimum absolute atomic E-state index is 0.111. The Morgan fingerprint density at radius 2 is 0.738 bits per heavy atom. The van der Waals surface area contributed by atoms with Crippen LogP contribution in [0.4, 0.5) is 0 Å². The van der Waals surface area contributed by atoms with Crippen LogP contribution in [0.1, 0.15) is 103 Å². The molecule has 0 aliphatic rings. The fourth-order valence-corrected chi connectivity index (χ4v) is 5.42. The summed E-state index contributed by atoms with van der Waals surface area (Å²) < 4.78 is 22.3. The molecule has 3 aromatic rings. The third-order valence-corrected chi connectivity index (χ3v) is 7.83. The summed E-state index contributed by atoms with van der Waals surface area (Å²) in [5.74, 6) is 1.67. The van der Waals surface area contributed by atoms with Crippen molar-refractivity contribution in [2.45, 2.75) is 103 Å². The Labute approximate surface area is 252 Å². The molecular formula is C36H50O6. The maximum Gasteiger partial charge on any atom is 0.305 e. The first-order valence-corrected chi connectivity index (χ1v) is 16.0. The highest BCUT2D eigenvalue weighted by Crippen LogP contribution is 2.42. The van der Waals surface area contributed by atoms with Crippen LogP contribution < -0.4 is 9.47 Å². The van der Waals surface area contributed by atoms with Gasteiger partial charge in [-0.1, -0.05) is 113 Å². The quantitative estimate of drug-likeness (QED) is 0.0672. The van der Waals surface area contributed by atoms with Gasteiger partial charge in [0.05, 0.1) is 27.4 Å². The van der Waals surface area contributed by atoms with Crippen molar-refractivity contribution in [2.24, 2.45) is 0 Å². The molecule has 0 radical (unpaired) electrons. The SMILES string of the molecule is COC(=O)CCCCCCCCCOc1c2ccccc2c(OCCCCCCCCCC(=O)OC)c2ccccc12. The molecule has 42 heavy (non-hydrogen) atoms. The highest BCUT2D eigenvalue weighted by molar-refractivity contribution is 6.11. The molecule has 0 unspecified atom stereocenters. The zero-order valence-corrected chi connectivity index (χ0v) is 25.8. The molecule has 0 saturated carbocycles. The summed E-state index contributed by atoms with van der Waals surface area (Å²) in [6, 6.07) is 16.8. The van der Waals surface area contributed by atoms with Gasteiger partial charge in [-0.3, -0.25) is 9.59 Å². The van der Waals surface area contributed by atoms with Gasteiger partial charge in [-0.2, -0.15) is 0 Å². The predicted octanol–water partition coefficient (Wildman–Crippen LogP) is 9.34. The van der Waals surface area contributed by atoms with Crippen molar-refractivity contribution in [2.75, 3.05) is 27.4 Å². The van der Waals surface area contributed by atoms with Gasteiger partial charge in [-0.05, 0) is 25.7 Å². The van der Waals surface area contributed by atoms with Crippen molar-refractivity contribution in [1.82, 2.24) is 0 Å². The number of unbranched alkanes of at least 4 members (excludes halogenated alkanes) is 12. The molecule has 3 aromatic carbocycles. The van der Waals surface area contributed by atoms with Gasteiger partial charge in [0.15, 0.2) is 0 Å². The van der Waals surface area contributed by atoms with Crippen LogP contribution in [0.25, 0.3) is 21.5 Å². The molecule has 0 atom stereocenters. The zero-order valence-electron chi connectivity index (χ0n) is 25.8. The summed E-state index contributed by atoms with van der Waals surface area (Å²) in [5.41, 5.74) is 0. The lowest BCUT2D eigenvalue weighted by Crippen LogP contribution is -2.02. The summed E-state index contributed by atoms with van der Waals surface area (Å²) in [6.45, 7) is 1.39. The Kier molecular flexibility index (Phi) is 15.6. The molecule has 0 saturated heterocycles. The molecule has 0 fully saturated rings. The van der Waals surface area contributed by atoms with Gasteiger partial charge in [-0.25, -0.2) is 0 Å². The number of hydrogen-bond acceptors (Lipinski definition) is 6. The van der Waals surface area contributed by atoms with Gasteiger partial charge < -0.3 is 18.9 Å². The lowest BCUT2D eigenvalue weighted by molar-refractivity contribution is -0.141. The van der Waals surface area contributed by atoms with Gasteiger partial charge in [-0.15, -0.1) is 0 Å². The van der Waals surface area contributed by atoms with E-state index in [1.807, 2.05) is 0 Å². The molecule has 3 rings (SSSR count). The molecule has 6 nitrogen and oxygen atoms in total. The fourth-order valence-electron chi connectivity index (χ4n) is 5.42. The first-order valence-electron chi connectivity index (χ1n) is 16.0. The summed E-state index contributed by atoms with van der Waals surface area (Å²) >= 11 is 0. The van der Waals surface area contributed by atoms with Crippen molar-refractivity contribution in [3.05, 3.63) is 48.5 Å². The largest absolute Gasteiger partial charge is 0.492 e. The second-order valence-corrected chi connectivity index (χ2v) is 11.0. The summed E-state index contributed by atoms with van der Waals surface area (Å²) in [5, 5.41) is 4.40. The van der Waals surface area contributed by atoms with E-state index >= 15 is 0 Å². The van der Waals surface area contributed by atoms with Gasteiger partial charge in [0.25, 0.3) is 0 Å². The van der Waals surface area contributed by atoms with Crippen LogP contribution in [0.15, 0.2) is 48.5 Å². The van der Waals surface area contributed by atoms with E-state index in [1.54, 1.807) is 0 Å². The van der Waals surface area contributed by atoms with Crippen molar-refractivity contribution in [1.29, 1.82) is 0 Å². The number of esters is 2. The zero-order chi connectivity index (χ0) is 29.8. The predicted molar refractivity (Wildman–Crippen MR) is 170 cm³/mol. The maximum atomic E-state index is 11.2. The molecule has 0 amide bonds. The second kappa shape index (κ2) is 19.8. The normalized spacial score (nSPS) is 11.1. The highest BCUT2D eigenvalue weighted by atomic mass is 16.5. The van der Waals surface area contributed by atoms with E-state index in [1.165, 1.54) is 39.9 Å². The van der Waals surface area contributed by atoms with Crippen molar-refractivity contribution in [3.8, 4) is 11.5 Å². The number of rotatable bonds is 22. The van der Waals surface area contributed by atoms with E-state index in [0.29, 0.717) is 26.1 Å². The van der Waals surface area contributed by atoms with Gasteiger partial charge in [0.2, 0.25) is 0 Å². The Morgan fingerprint density at radius 1 is 0.452 bits per heavy atom. The van der Waals surface area contributed by atoms with Crippen LogP contribution in [0.2, 0.25) is 0 Å².